The molecule has 2 aliphatic carbocycles. The van der Waals surface area contributed by atoms with Crippen LogP contribution in [0.1, 0.15) is 42.2 Å². The van der Waals surface area contributed by atoms with Crippen LogP contribution in [0.25, 0.3) is 0 Å². The highest BCUT2D eigenvalue weighted by Gasteiger charge is 2.43. The van der Waals surface area contributed by atoms with Gasteiger partial charge < -0.3 is 5.11 Å². The summed E-state index contributed by atoms with van der Waals surface area (Å²) < 4.78 is 0. The molecule has 0 amide bonds. The normalized spacial score (nSPS) is 27.8. The van der Waals surface area contributed by atoms with E-state index < -0.39 is 5.97 Å². The van der Waals surface area contributed by atoms with Crippen molar-refractivity contribution < 1.29 is 9.90 Å². The van der Waals surface area contributed by atoms with E-state index in [2.05, 4.69) is 0 Å². The smallest absolute Gasteiger partial charge is 0.311 e. The van der Waals surface area contributed by atoms with Crippen LogP contribution in [0, 0.1) is 5.92 Å². The predicted octanol–water partition coefficient (Wildman–Crippen LogP) is 3.41. The van der Waals surface area contributed by atoms with E-state index in [0.717, 1.165) is 22.6 Å². The van der Waals surface area contributed by atoms with Crippen molar-refractivity contribution in [1.82, 2.24) is 0 Å². The summed E-state index contributed by atoms with van der Waals surface area (Å²) in [6.07, 6.45) is 3.18. The molecule has 2 aliphatic rings. The second-order valence-corrected chi connectivity index (χ2v) is 5.22. The van der Waals surface area contributed by atoms with Crippen LogP contribution >= 0.6 is 11.6 Å². The molecule has 0 aromatic heterocycles. The van der Waals surface area contributed by atoms with Gasteiger partial charge >= 0.3 is 5.97 Å². The third kappa shape index (κ3) is 1.44. The number of fused-ring (bicyclic) bond motifs is 1. The monoisotopic (exact) mass is 236 g/mol. The molecule has 1 N–H and O–H groups in total. The van der Waals surface area contributed by atoms with E-state index in [9.17, 15) is 9.90 Å². The van der Waals surface area contributed by atoms with Gasteiger partial charge in [-0.25, -0.2) is 0 Å². The van der Waals surface area contributed by atoms with Crippen molar-refractivity contribution in [2.24, 2.45) is 5.92 Å². The fourth-order valence-corrected chi connectivity index (χ4v) is 3.23. The van der Waals surface area contributed by atoms with Crippen LogP contribution in [-0.4, -0.2) is 11.1 Å². The van der Waals surface area contributed by atoms with Gasteiger partial charge in [0.25, 0.3) is 0 Å². The molecule has 84 valence electrons. The molecule has 2 nitrogen and oxygen atoms in total. The van der Waals surface area contributed by atoms with E-state index in [1.54, 1.807) is 0 Å². The van der Waals surface area contributed by atoms with Gasteiger partial charge in [-0.15, -0.1) is 0 Å². The Balaban J connectivity index is 2.09. The van der Waals surface area contributed by atoms with Crippen LogP contribution in [0.4, 0.5) is 0 Å². The lowest BCUT2D eigenvalue weighted by atomic mass is 9.96. The lowest BCUT2D eigenvalue weighted by Gasteiger charge is -2.10. The Morgan fingerprint density at radius 2 is 2.12 bits per heavy atom. The first-order valence-electron chi connectivity index (χ1n) is 5.69. The first kappa shape index (κ1) is 10.2. The minimum atomic E-state index is -0.716. The summed E-state index contributed by atoms with van der Waals surface area (Å²) in [5, 5.41) is 9.98. The summed E-state index contributed by atoms with van der Waals surface area (Å²) in [6.45, 7) is 0. The second kappa shape index (κ2) is 3.49. The highest BCUT2D eigenvalue weighted by atomic mass is 35.5. The Morgan fingerprint density at radius 3 is 2.75 bits per heavy atom. The number of hydrogen-bond donors (Lipinski definition) is 1. The van der Waals surface area contributed by atoms with Crippen molar-refractivity contribution in [3.05, 3.63) is 34.3 Å². The molecule has 1 aromatic rings. The number of aliphatic carboxylic acids is 1. The third-order valence-electron chi connectivity index (χ3n) is 3.81. The summed E-state index contributed by atoms with van der Waals surface area (Å²) >= 11 is 6.21. The molecule has 3 rings (SSSR count). The molecule has 2 atom stereocenters. The molecule has 2 unspecified atom stereocenters. The molecule has 0 saturated heterocycles. The molecular weight excluding hydrogens is 224 g/mol. The van der Waals surface area contributed by atoms with Gasteiger partial charge in [-0.2, -0.15) is 0 Å². The number of rotatable bonds is 2. The summed E-state index contributed by atoms with van der Waals surface area (Å²) in [6, 6.07) is 5.65. The van der Waals surface area contributed by atoms with Gasteiger partial charge in [0.05, 0.1) is 5.92 Å². The van der Waals surface area contributed by atoms with Gasteiger partial charge in [0.1, 0.15) is 0 Å². The van der Waals surface area contributed by atoms with Crippen molar-refractivity contribution >= 4 is 17.6 Å². The molecule has 1 aromatic carbocycles. The molecule has 0 heterocycles. The largest absolute Gasteiger partial charge is 0.481 e. The molecular formula is C13H13ClO2. The molecule has 1 saturated carbocycles. The van der Waals surface area contributed by atoms with Crippen molar-refractivity contribution in [2.75, 3.05) is 0 Å². The number of carboxylic acid groups (broad SMARTS) is 1. The number of hydrogen-bond acceptors (Lipinski definition) is 1. The Labute approximate surface area is 99.2 Å². The van der Waals surface area contributed by atoms with Gasteiger partial charge in [-0.05, 0) is 48.3 Å². The average Bonchev–Trinajstić information content (AvgIpc) is 2.99. The van der Waals surface area contributed by atoms with Crippen molar-refractivity contribution in [3.63, 3.8) is 0 Å². The zero-order valence-electron chi connectivity index (χ0n) is 8.82. The Hall–Kier alpha value is -1.02. The summed E-state index contributed by atoms with van der Waals surface area (Å²) in [7, 11) is 0. The molecule has 1 fully saturated rings. The zero-order chi connectivity index (χ0) is 11.3. The van der Waals surface area contributed by atoms with Crippen LogP contribution in [0.15, 0.2) is 18.2 Å². The van der Waals surface area contributed by atoms with Crippen LogP contribution in [-0.2, 0) is 4.79 Å². The standard InChI is InChI=1S/C13H13ClO2/c14-11-3-1-2-8-10(13(15)16)6-9(12(8)11)7-4-5-7/h1-3,7,9-10H,4-6H2,(H,15,16). The fourth-order valence-electron chi connectivity index (χ4n) is 2.91. The Kier molecular flexibility index (Phi) is 2.21. The highest BCUT2D eigenvalue weighted by Crippen LogP contribution is 2.55. The molecule has 3 heteroatoms. The maximum absolute atomic E-state index is 11.2. The lowest BCUT2D eigenvalue weighted by Crippen LogP contribution is -2.08. The van der Waals surface area contributed by atoms with Crippen molar-refractivity contribution in [3.8, 4) is 0 Å². The van der Waals surface area contributed by atoms with Crippen LogP contribution in [0.2, 0.25) is 5.02 Å². The summed E-state index contributed by atoms with van der Waals surface area (Å²) in [5.41, 5.74) is 2.05. The maximum Gasteiger partial charge on any atom is 0.311 e. The van der Waals surface area contributed by atoms with Gasteiger partial charge in [-0.1, -0.05) is 23.7 Å². The molecule has 0 spiro atoms. The average molecular weight is 237 g/mol. The van der Waals surface area contributed by atoms with Gasteiger partial charge in [0.15, 0.2) is 0 Å². The van der Waals surface area contributed by atoms with Gasteiger partial charge in [0.2, 0.25) is 0 Å². The first-order valence-corrected chi connectivity index (χ1v) is 6.07. The number of carboxylic acids is 1. The minimum Gasteiger partial charge on any atom is -0.481 e. The van der Waals surface area contributed by atoms with E-state index in [4.69, 9.17) is 11.6 Å². The second-order valence-electron chi connectivity index (χ2n) is 4.81. The number of benzene rings is 1. The van der Waals surface area contributed by atoms with Crippen LogP contribution in [0.3, 0.4) is 0 Å². The SMILES string of the molecule is O=C(O)C1CC(C2CC2)c2c(Cl)cccc21. The Bertz CT molecular complexity index is 451. The summed E-state index contributed by atoms with van der Waals surface area (Å²) in [5.74, 6) is -0.0150. The van der Waals surface area contributed by atoms with E-state index in [0.29, 0.717) is 11.8 Å². The van der Waals surface area contributed by atoms with Crippen molar-refractivity contribution in [2.45, 2.75) is 31.1 Å². The van der Waals surface area contributed by atoms with E-state index in [-0.39, 0.29) is 5.92 Å². The van der Waals surface area contributed by atoms with Gasteiger partial charge in [-0.3, -0.25) is 4.79 Å². The predicted molar refractivity (Wildman–Crippen MR) is 61.9 cm³/mol. The Morgan fingerprint density at radius 1 is 1.38 bits per heavy atom. The van der Waals surface area contributed by atoms with Crippen LogP contribution < -0.4 is 0 Å². The fraction of sp³-hybridized carbons (Fsp3) is 0.462. The molecule has 16 heavy (non-hydrogen) atoms. The minimum absolute atomic E-state index is 0.348. The van der Waals surface area contributed by atoms with E-state index in [1.807, 2.05) is 18.2 Å². The number of carbonyl (C=O) groups is 1. The molecule has 0 radical (unpaired) electrons. The first-order chi connectivity index (χ1) is 7.68. The van der Waals surface area contributed by atoms with E-state index >= 15 is 0 Å². The van der Waals surface area contributed by atoms with Gasteiger partial charge in [0, 0.05) is 5.02 Å². The van der Waals surface area contributed by atoms with Crippen LogP contribution in [0.5, 0.6) is 0 Å². The van der Waals surface area contributed by atoms with Crippen molar-refractivity contribution in [1.29, 1.82) is 0 Å². The molecule has 0 aliphatic heterocycles. The number of halogens is 1. The lowest BCUT2D eigenvalue weighted by molar-refractivity contribution is -0.138. The molecule has 0 bridgehead atoms. The highest BCUT2D eigenvalue weighted by molar-refractivity contribution is 6.31. The topological polar surface area (TPSA) is 37.3 Å². The third-order valence-corrected chi connectivity index (χ3v) is 4.14. The maximum atomic E-state index is 11.2. The zero-order valence-corrected chi connectivity index (χ0v) is 9.57. The van der Waals surface area contributed by atoms with E-state index in [1.165, 1.54) is 12.8 Å². The summed E-state index contributed by atoms with van der Waals surface area (Å²) in [4.78, 5) is 11.2. The quantitative estimate of drug-likeness (QED) is 0.855.